The van der Waals surface area contributed by atoms with Crippen LogP contribution in [0.15, 0.2) is 24.3 Å². The highest BCUT2D eigenvalue weighted by molar-refractivity contribution is 5.89. The Balaban J connectivity index is 2.61. The molecule has 0 saturated carbocycles. The molecule has 0 unspecified atom stereocenters. The molecule has 1 rings (SSSR count). The molecule has 0 aromatic heterocycles. The van der Waals surface area contributed by atoms with Crippen LogP contribution in [0.3, 0.4) is 0 Å². The quantitative estimate of drug-likeness (QED) is 0.788. The molecule has 7 heteroatoms. The highest BCUT2D eigenvalue weighted by Crippen LogP contribution is 2.16. The molecule has 2 amide bonds. The van der Waals surface area contributed by atoms with E-state index < -0.39 is 12.3 Å². The second kappa shape index (κ2) is 4.94. The van der Waals surface area contributed by atoms with Crippen molar-refractivity contribution in [1.82, 2.24) is 5.32 Å². The average Bonchev–Trinajstić information content (AvgIpc) is 2.15. The minimum Gasteiger partial charge on any atom is -0.378 e. The lowest BCUT2D eigenvalue weighted by atomic mass is 10.2. The van der Waals surface area contributed by atoms with Gasteiger partial charge < -0.3 is 10.2 Å². The van der Waals surface area contributed by atoms with Crippen LogP contribution in [0.5, 0.6) is 0 Å². The summed E-state index contributed by atoms with van der Waals surface area (Å²) in [6.07, 6.45) is -4.73. The van der Waals surface area contributed by atoms with E-state index in [2.05, 4.69) is 5.32 Å². The van der Waals surface area contributed by atoms with Crippen molar-refractivity contribution in [1.29, 1.82) is 0 Å². The van der Waals surface area contributed by atoms with Gasteiger partial charge in [0.05, 0.1) is 0 Å². The Morgan fingerprint density at radius 2 is 1.71 bits per heavy atom. The predicted molar refractivity (Wildman–Crippen MR) is 59.0 cm³/mol. The molecule has 1 aromatic carbocycles. The maximum Gasteiger partial charge on any atom is 0.485 e. The van der Waals surface area contributed by atoms with Crippen molar-refractivity contribution in [2.45, 2.75) is 6.30 Å². The Kier molecular flexibility index (Phi) is 3.82. The number of amides is 2. The maximum atomic E-state index is 11.8. The normalized spacial score (nSPS) is 10.9. The monoisotopic (exact) mass is 247 g/mol. The third kappa shape index (κ3) is 4.62. The number of hydrogen-bond acceptors (Lipinski definition) is 2. The molecule has 0 atom stereocenters. The first-order valence-electron chi connectivity index (χ1n) is 4.71. The number of carbonyl (C=O) groups excluding carboxylic acids is 1. The van der Waals surface area contributed by atoms with E-state index in [0.29, 0.717) is 0 Å². The second-order valence-corrected chi connectivity index (χ2v) is 3.52. The first-order chi connectivity index (χ1) is 7.78. The van der Waals surface area contributed by atoms with E-state index in [1.165, 1.54) is 12.1 Å². The molecule has 0 aliphatic carbocycles. The fraction of sp³-hybridized carbons (Fsp3) is 0.300. The molecule has 0 saturated heterocycles. The third-order valence-corrected chi connectivity index (χ3v) is 1.90. The van der Waals surface area contributed by atoms with Crippen LogP contribution < -0.4 is 15.5 Å². The lowest BCUT2D eigenvalue weighted by Gasteiger charge is -2.13. The van der Waals surface area contributed by atoms with Gasteiger partial charge in [-0.25, -0.2) is 10.1 Å². The van der Waals surface area contributed by atoms with Gasteiger partial charge in [0.2, 0.25) is 0 Å². The van der Waals surface area contributed by atoms with Gasteiger partial charge in [0.1, 0.15) is 0 Å². The molecule has 0 aliphatic heterocycles. The van der Waals surface area contributed by atoms with E-state index in [-0.39, 0.29) is 5.69 Å². The summed E-state index contributed by atoms with van der Waals surface area (Å²) in [5, 5.41) is 2.92. The molecule has 1 aromatic rings. The van der Waals surface area contributed by atoms with Gasteiger partial charge in [-0.15, -0.1) is 0 Å². The van der Waals surface area contributed by atoms with E-state index in [9.17, 15) is 18.0 Å². The number of nitrogens with one attached hydrogen (secondary N) is 2. The van der Waals surface area contributed by atoms with Crippen LogP contribution in [0.1, 0.15) is 0 Å². The van der Waals surface area contributed by atoms with Crippen molar-refractivity contribution in [2.75, 3.05) is 24.3 Å². The van der Waals surface area contributed by atoms with Gasteiger partial charge in [0.15, 0.2) is 0 Å². The second-order valence-electron chi connectivity index (χ2n) is 3.52. The maximum absolute atomic E-state index is 11.8. The molecule has 17 heavy (non-hydrogen) atoms. The summed E-state index contributed by atoms with van der Waals surface area (Å²) in [4.78, 5) is 12.7. The topological polar surface area (TPSA) is 44.4 Å². The average molecular weight is 247 g/mol. The van der Waals surface area contributed by atoms with Crippen LogP contribution >= 0.6 is 0 Å². The predicted octanol–water partition coefficient (Wildman–Crippen LogP) is 2.39. The van der Waals surface area contributed by atoms with Crippen molar-refractivity contribution >= 4 is 17.4 Å². The zero-order valence-electron chi connectivity index (χ0n) is 9.30. The van der Waals surface area contributed by atoms with E-state index in [0.717, 1.165) is 11.0 Å². The molecule has 0 heterocycles. The molecule has 0 radical (unpaired) electrons. The Hall–Kier alpha value is -1.92. The number of urea groups is 1. The number of carbonyl (C=O) groups is 1. The van der Waals surface area contributed by atoms with Gasteiger partial charge in [-0.05, 0) is 24.3 Å². The molecular formula is C10H12F3N3O. The molecule has 0 bridgehead atoms. The summed E-state index contributed by atoms with van der Waals surface area (Å²) in [5.74, 6) is 0. The van der Waals surface area contributed by atoms with Crippen molar-refractivity contribution in [3.8, 4) is 0 Å². The van der Waals surface area contributed by atoms with Crippen LogP contribution in [-0.2, 0) is 0 Å². The molecule has 0 fully saturated rings. The molecule has 94 valence electrons. The Morgan fingerprint density at radius 3 is 2.12 bits per heavy atom. The molecule has 4 nitrogen and oxygen atoms in total. The van der Waals surface area contributed by atoms with Gasteiger partial charge >= 0.3 is 12.3 Å². The number of rotatable bonds is 2. The van der Waals surface area contributed by atoms with Crippen LogP contribution in [0, 0.1) is 0 Å². The van der Waals surface area contributed by atoms with E-state index in [1.54, 1.807) is 12.1 Å². The summed E-state index contributed by atoms with van der Waals surface area (Å²) >= 11 is 0. The smallest absolute Gasteiger partial charge is 0.378 e. The van der Waals surface area contributed by atoms with Gasteiger partial charge in [0.25, 0.3) is 0 Å². The minimum absolute atomic E-state index is 0.289. The van der Waals surface area contributed by atoms with Gasteiger partial charge in [-0.2, -0.15) is 13.2 Å². The number of alkyl halides is 3. The van der Waals surface area contributed by atoms with Crippen LogP contribution in [0.25, 0.3) is 0 Å². The number of benzene rings is 1. The van der Waals surface area contributed by atoms with Crippen molar-refractivity contribution < 1.29 is 18.0 Å². The zero-order chi connectivity index (χ0) is 13.1. The Morgan fingerprint density at radius 1 is 1.18 bits per heavy atom. The third-order valence-electron chi connectivity index (χ3n) is 1.90. The Labute approximate surface area is 96.4 Å². The summed E-state index contributed by atoms with van der Waals surface area (Å²) in [5.41, 5.74) is 1.17. The summed E-state index contributed by atoms with van der Waals surface area (Å²) in [7, 11) is 3.66. The van der Waals surface area contributed by atoms with Crippen LogP contribution in [0.2, 0.25) is 0 Å². The molecule has 0 aliphatic rings. The number of hydrogen-bond donors (Lipinski definition) is 2. The molecule has 0 spiro atoms. The van der Waals surface area contributed by atoms with Gasteiger partial charge in [-0.3, -0.25) is 0 Å². The number of nitrogens with zero attached hydrogens (tertiary/aromatic N) is 1. The molecule has 2 N–H and O–H groups in total. The summed E-state index contributed by atoms with van der Waals surface area (Å²) in [6, 6.07) is 5.10. The van der Waals surface area contributed by atoms with E-state index >= 15 is 0 Å². The fourth-order valence-corrected chi connectivity index (χ4v) is 1.13. The van der Waals surface area contributed by atoms with Crippen LogP contribution in [0.4, 0.5) is 29.3 Å². The lowest BCUT2D eigenvalue weighted by molar-refractivity contribution is -0.144. The number of halogens is 3. The van der Waals surface area contributed by atoms with Crippen molar-refractivity contribution in [3.63, 3.8) is 0 Å². The van der Waals surface area contributed by atoms with E-state index in [1.807, 2.05) is 19.0 Å². The summed E-state index contributed by atoms with van der Waals surface area (Å²) in [6.45, 7) is 0. The summed E-state index contributed by atoms with van der Waals surface area (Å²) < 4.78 is 35.4. The van der Waals surface area contributed by atoms with E-state index in [4.69, 9.17) is 0 Å². The molecular weight excluding hydrogens is 235 g/mol. The van der Waals surface area contributed by atoms with Gasteiger partial charge in [-0.1, -0.05) is 0 Å². The highest BCUT2D eigenvalue weighted by atomic mass is 19.4. The first kappa shape index (κ1) is 13.1. The van der Waals surface area contributed by atoms with Crippen LogP contribution in [-0.4, -0.2) is 26.4 Å². The fourth-order valence-electron chi connectivity index (χ4n) is 1.13. The largest absolute Gasteiger partial charge is 0.485 e. The lowest BCUT2D eigenvalue weighted by Crippen LogP contribution is -2.40. The SMILES string of the molecule is CN(C)c1ccc(NC(=O)NC(F)(F)F)cc1. The van der Waals surface area contributed by atoms with Crippen molar-refractivity contribution in [3.05, 3.63) is 24.3 Å². The zero-order valence-corrected chi connectivity index (χ0v) is 9.30. The standard InChI is InChI=1S/C10H12F3N3O/c1-16(2)8-5-3-7(4-6-8)14-9(17)15-10(11,12)13/h3-6H,1-2H3,(H2,14,15,17). The number of anilines is 2. The Bertz CT molecular complexity index is 387. The van der Waals surface area contributed by atoms with Gasteiger partial charge in [0, 0.05) is 25.5 Å². The van der Waals surface area contributed by atoms with Crippen molar-refractivity contribution in [2.24, 2.45) is 0 Å². The highest BCUT2D eigenvalue weighted by Gasteiger charge is 2.29. The first-order valence-corrected chi connectivity index (χ1v) is 4.71. The minimum atomic E-state index is -4.73.